The third kappa shape index (κ3) is 6.64. The predicted molar refractivity (Wildman–Crippen MR) is 69.0 cm³/mol. The standard InChI is InChI=1S/C13H26N2O2/c1-15-10-4-5-12(11-15)7-9-14-8-3-6-13(16)17-2/h12,14H,3-11H2,1-2H3. The Morgan fingerprint density at radius 3 is 3.00 bits per heavy atom. The molecule has 1 fully saturated rings. The van der Waals surface area contributed by atoms with Gasteiger partial charge in [-0.05, 0) is 58.3 Å². The minimum atomic E-state index is -0.110. The molecule has 1 N–H and O–H groups in total. The summed E-state index contributed by atoms with van der Waals surface area (Å²) in [4.78, 5) is 13.3. The summed E-state index contributed by atoms with van der Waals surface area (Å²) in [5.74, 6) is 0.738. The molecule has 1 aliphatic heterocycles. The van der Waals surface area contributed by atoms with Gasteiger partial charge in [-0.2, -0.15) is 0 Å². The molecule has 1 unspecified atom stereocenters. The number of esters is 1. The molecule has 0 aromatic heterocycles. The van der Waals surface area contributed by atoms with Crippen molar-refractivity contribution < 1.29 is 9.53 Å². The predicted octanol–water partition coefficient (Wildman–Crippen LogP) is 1.26. The Bertz CT molecular complexity index is 221. The molecule has 0 amide bonds. The molecule has 100 valence electrons. The first kappa shape index (κ1) is 14.5. The quantitative estimate of drug-likeness (QED) is 0.539. The van der Waals surface area contributed by atoms with Gasteiger partial charge in [-0.25, -0.2) is 0 Å². The maximum Gasteiger partial charge on any atom is 0.305 e. The van der Waals surface area contributed by atoms with E-state index < -0.39 is 0 Å². The Balaban J connectivity index is 1.91. The van der Waals surface area contributed by atoms with E-state index in [0.29, 0.717) is 6.42 Å². The van der Waals surface area contributed by atoms with E-state index in [0.717, 1.165) is 25.4 Å². The first-order valence-electron chi connectivity index (χ1n) is 6.68. The second-order valence-electron chi connectivity index (χ2n) is 4.99. The molecule has 0 aromatic carbocycles. The van der Waals surface area contributed by atoms with Gasteiger partial charge >= 0.3 is 5.97 Å². The molecule has 0 saturated carbocycles. The summed E-state index contributed by atoms with van der Waals surface area (Å²) >= 11 is 0. The van der Waals surface area contributed by atoms with Crippen LogP contribution in [0.15, 0.2) is 0 Å². The van der Waals surface area contributed by atoms with Crippen LogP contribution in [0.3, 0.4) is 0 Å². The maximum absolute atomic E-state index is 10.9. The van der Waals surface area contributed by atoms with E-state index in [1.54, 1.807) is 0 Å². The van der Waals surface area contributed by atoms with E-state index in [1.807, 2.05) is 0 Å². The number of carbonyl (C=O) groups is 1. The lowest BCUT2D eigenvalue weighted by Gasteiger charge is -2.29. The Morgan fingerprint density at radius 2 is 2.29 bits per heavy atom. The first-order valence-corrected chi connectivity index (χ1v) is 6.68. The Labute approximate surface area is 105 Å². The van der Waals surface area contributed by atoms with Crippen LogP contribution >= 0.6 is 0 Å². The fourth-order valence-corrected chi connectivity index (χ4v) is 2.40. The van der Waals surface area contributed by atoms with Gasteiger partial charge in [-0.1, -0.05) is 0 Å². The maximum atomic E-state index is 10.9. The number of hydrogen-bond acceptors (Lipinski definition) is 4. The van der Waals surface area contributed by atoms with Crippen molar-refractivity contribution in [3.8, 4) is 0 Å². The normalized spacial score (nSPS) is 21.4. The minimum absolute atomic E-state index is 0.110. The summed E-state index contributed by atoms with van der Waals surface area (Å²) in [6, 6.07) is 0. The van der Waals surface area contributed by atoms with Crippen LogP contribution in [0.5, 0.6) is 0 Å². The lowest BCUT2D eigenvalue weighted by molar-refractivity contribution is -0.140. The smallest absolute Gasteiger partial charge is 0.305 e. The summed E-state index contributed by atoms with van der Waals surface area (Å²) in [6.45, 7) is 4.48. The molecule has 1 heterocycles. The molecule has 1 saturated heterocycles. The third-order valence-corrected chi connectivity index (χ3v) is 3.41. The monoisotopic (exact) mass is 242 g/mol. The number of ether oxygens (including phenoxy) is 1. The fourth-order valence-electron chi connectivity index (χ4n) is 2.40. The van der Waals surface area contributed by atoms with Crippen LogP contribution in [0.2, 0.25) is 0 Å². The number of hydrogen-bond donors (Lipinski definition) is 1. The highest BCUT2D eigenvalue weighted by Crippen LogP contribution is 2.17. The van der Waals surface area contributed by atoms with Gasteiger partial charge < -0.3 is 15.0 Å². The second kappa shape index (κ2) is 8.48. The van der Waals surface area contributed by atoms with E-state index in [9.17, 15) is 4.79 Å². The molecule has 4 heteroatoms. The molecule has 1 rings (SSSR count). The highest BCUT2D eigenvalue weighted by molar-refractivity contribution is 5.68. The van der Waals surface area contributed by atoms with Crippen LogP contribution in [-0.4, -0.2) is 51.2 Å². The van der Waals surface area contributed by atoms with Gasteiger partial charge in [0.05, 0.1) is 7.11 Å². The molecule has 1 atom stereocenters. The number of nitrogens with zero attached hydrogens (tertiary/aromatic N) is 1. The third-order valence-electron chi connectivity index (χ3n) is 3.41. The van der Waals surface area contributed by atoms with Crippen molar-refractivity contribution in [3.05, 3.63) is 0 Å². The van der Waals surface area contributed by atoms with Crippen LogP contribution in [0.25, 0.3) is 0 Å². The van der Waals surface area contributed by atoms with Crippen molar-refractivity contribution in [1.29, 1.82) is 0 Å². The van der Waals surface area contributed by atoms with Gasteiger partial charge in [0, 0.05) is 13.0 Å². The molecule has 0 bridgehead atoms. The largest absolute Gasteiger partial charge is 0.469 e. The Kier molecular flexibility index (Phi) is 7.21. The average Bonchev–Trinajstić information content (AvgIpc) is 2.33. The second-order valence-corrected chi connectivity index (χ2v) is 4.99. The molecular weight excluding hydrogens is 216 g/mol. The van der Waals surface area contributed by atoms with E-state index >= 15 is 0 Å². The molecule has 17 heavy (non-hydrogen) atoms. The molecule has 0 spiro atoms. The molecule has 0 aliphatic carbocycles. The van der Waals surface area contributed by atoms with Crippen molar-refractivity contribution in [1.82, 2.24) is 10.2 Å². The highest BCUT2D eigenvalue weighted by Gasteiger charge is 2.16. The molecule has 1 aliphatic rings. The SMILES string of the molecule is COC(=O)CCCNCCC1CCCN(C)C1. The van der Waals surface area contributed by atoms with Crippen LogP contribution in [-0.2, 0) is 9.53 Å². The van der Waals surface area contributed by atoms with Gasteiger partial charge in [0.25, 0.3) is 0 Å². The number of likely N-dealkylation sites (tertiary alicyclic amines) is 1. The molecule has 4 nitrogen and oxygen atoms in total. The van der Waals surface area contributed by atoms with Crippen LogP contribution < -0.4 is 5.32 Å². The van der Waals surface area contributed by atoms with E-state index in [-0.39, 0.29) is 5.97 Å². The average molecular weight is 242 g/mol. The van der Waals surface area contributed by atoms with Crippen molar-refractivity contribution in [3.63, 3.8) is 0 Å². The molecule has 0 aromatic rings. The van der Waals surface area contributed by atoms with Crippen molar-refractivity contribution >= 4 is 5.97 Å². The van der Waals surface area contributed by atoms with Crippen LogP contribution in [0.1, 0.15) is 32.1 Å². The number of carbonyl (C=O) groups excluding carboxylic acids is 1. The summed E-state index contributed by atoms with van der Waals surface area (Å²) in [5, 5.41) is 3.40. The van der Waals surface area contributed by atoms with E-state index in [4.69, 9.17) is 0 Å². The number of methoxy groups -OCH3 is 1. The van der Waals surface area contributed by atoms with Crippen molar-refractivity contribution in [2.75, 3.05) is 40.3 Å². The zero-order valence-corrected chi connectivity index (χ0v) is 11.2. The summed E-state index contributed by atoms with van der Waals surface area (Å²) < 4.78 is 4.59. The molecular formula is C13H26N2O2. The summed E-state index contributed by atoms with van der Waals surface area (Å²) in [6.07, 6.45) is 5.35. The van der Waals surface area contributed by atoms with Gasteiger partial charge in [-0.3, -0.25) is 4.79 Å². The number of nitrogens with one attached hydrogen (secondary N) is 1. The zero-order valence-electron chi connectivity index (χ0n) is 11.2. The first-order chi connectivity index (χ1) is 8.22. The van der Waals surface area contributed by atoms with E-state index in [2.05, 4.69) is 22.0 Å². The zero-order chi connectivity index (χ0) is 12.5. The fraction of sp³-hybridized carbons (Fsp3) is 0.923. The minimum Gasteiger partial charge on any atom is -0.469 e. The van der Waals surface area contributed by atoms with Crippen molar-refractivity contribution in [2.45, 2.75) is 32.1 Å². The van der Waals surface area contributed by atoms with Gasteiger partial charge in [0.2, 0.25) is 0 Å². The van der Waals surface area contributed by atoms with E-state index in [1.165, 1.54) is 39.5 Å². The van der Waals surface area contributed by atoms with Crippen LogP contribution in [0, 0.1) is 5.92 Å². The van der Waals surface area contributed by atoms with Gasteiger partial charge in [0.15, 0.2) is 0 Å². The lowest BCUT2D eigenvalue weighted by atomic mass is 9.95. The Morgan fingerprint density at radius 1 is 1.47 bits per heavy atom. The van der Waals surface area contributed by atoms with Gasteiger partial charge in [0.1, 0.15) is 0 Å². The number of rotatable bonds is 7. The number of piperidine rings is 1. The topological polar surface area (TPSA) is 41.6 Å². The summed E-state index contributed by atoms with van der Waals surface area (Å²) in [5.41, 5.74) is 0. The Hall–Kier alpha value is -0.610. The van der Waals surface area contributed by atoms with Gasteiger partial charge in [-0.15, -0.1) is 0 Å². The molecule has 0 radical (unpaired) electrons. The summed E-state index contributed by atoms with van der Waals surface area (Å²) in [7, 11) is 3.64. The highest BCUT2D eigenvalue weighted by atomic mass is 16.5. The van der Waals surface area contributed by atoms with Crippen molar-refractivity contribution in [2.24, 2.45) is 5.92 Å². The lowest BCUT2D eigenvalue weighted by Crippen LogP contribution is -2.33. The van der Waals surface area contributed by atoms with Crippen LogP contribution in [0.4, 0.5) is 0 Å².